The summed E-state index contributed by atoms with van der Waals surface area (Å²) < 4.78 is 11.3. The summed E-state index contributed by atoms with van der Waals surface area (Å²) in [6.07, 6.45) is 3.80. The maximum Gasteiger partial charge on any atom is 0.213 e. The van der Waals surface area contributed by atoms with Gasteiger partial charge < -0.3 is 25.2 Å². The van der Waals surface area contributed by atoms with Crippen LogP contribution in [0.4, 0.5) is 0 Å². The van der Waals surface area contributed by atoms with Gasteiger partial charge in [0.25, 0.3) is 0 Å². The van der Waals surface area contributed by atoms with Gasteiger partial charge in [0.15, 0.2) is 5.96 Å². The molecular weight excluding hydrogens is 392 g/mol. The van der Waals surface area contributed by atoms with Crippen molar-refractivity contribution in [2.24, 2.45) is 10.9 Å². The molecule has 1 aliphatic rings. The lowest BCUT2D eigenvalue weighted by atomic mass is 10.1. The molecule has 1 atom stereocenters. The zero-order valence-corrected chi connectivity index (χ0v) is 18.7. The summed E-state index contributed by atoms with van der Waals surface area (Å²) >= 11 is 0. The minimum atomic E-state index is -0.651. The molecule has 0 amide bonds. The third-order valence-electron chi connectivity index (χ3n) is 4.82. The lowest BCUT2D eigenvalue weighted by Gasteiger charge is -2.16. The molecule has 168 valence electrons. The van der Waals surface area contributed by atoms with Gasteiger partial charge in [-0.2, -0.15) is 0 Å². The number of hydrogen-bond acceptors (Lipinski definition) is 5. The summed E-state index contributed by atoms with van der Waals surface area (Å²) in [5.41, 5.74) is 1.82. The van der Waals surface area contributed by atoms with Gasteiger partial charge >= 0.3 is 0 Å². The first-order valence-corrected chi connectivity index (χ1v) is 11.1. The largest absolute Gasteiger partial charge is 0.491 e. The molecular formula is C24H34N4O3. The highest BCUT2D eigenvalue weighted by Gasteiger charge is 2.22. The minimum absolute atomic E-state index is 0.123. The first kappa shape index (κ1) is 22.9. The van der Waals surface area contributed by atoms with E-state index in [4.69, 9.17) is 9.47 Å². The van der Waals surface area contributed by atoms with E-state index in [9.17, 15) is 5.11 Å². The fourth-order valence-corrected chi connectivity index (χ4v) is 2.94. The van der Waals surface area contributed by atoms with Gasteiger partial charge in [-0.15, -0.1) is 0 Å². The molecule has 1 unspecified atom stereocenters. The van der Waals surface area contributed by atoms with Gasteiger partial charge in [0.05, 0.1) is 25.4 Å². The van der Waals surface area contributed by atoms with E-state index in [-0.39, 0.29) is 6.10 Å². The quantitative estimate of drug-likeness (QED) is 0.377. The van der Waals surface area contributed by atoms with Gasteiger partial charge in [-0.05, 0) is 62.8 Å². The Kier molecular flexibility index (Phi) is 8.53. The van der Waals surface area contributed by atoms with Gasteiger partial charge in [0.2, 0.25) is 5.88 Å². The van der Waals surface area contributed by atoms with Crippen LogP contribution in [0.2, 0.25) is 0 Å². The Balaban J connectivity index is 1.49. The van der Waals surface area contributed by atoms with E-state index in [0.29, 0.717) is 30.8 Å². The Labute approximate surface area is 184 Å². The van der Waals surface area contributed by atoms with Crippen molar-refractivity contribution in [3.05, 3.63) is 53.7 Å². The Morgan fingerprint density at radius 1 is 1.16 bits per heavy atom. The second-order valence-corrected chi connectivity index (χ2v) is 8.09. The number of aliphatic hydroxyl groups excluding tert-OH is 1. The van der Waals surface area contributed by atoms with Crippen molar-refractivity contribution < 1.29 is 14.6 Å². The van der Waals surface area contributed by atoms with Crippen molar-refractivity contribution in [3.63, 3.8) is 0 Å². The van der Waals surface area contributed by atoms with Crippen LogP contribution in [0.25, 0.3) is 0 Å². The fourth-order valence-electron chi connectivity index (χ4n) is 2.94. The fraction of sp³-hybridized carbons (Fsp3) is 0.500. The van der Waals surface area contributed by atoms with Crippen molar-refractivity contribution in [2.75, 3.05) is 19.7 Å². The molecule has 0 bridgehead atoms. The lowest BCUT2D eigenvalue weighted by molar-refractivity contribution is 0.180. The monoisotopic (exact) mass is 426 g/mol. The summed E-state index contributed by atoms with van der Waals surface area (Å²) in [5, 5.41) is 16.9. The molecule has 1 heterocycles. The van der Waals surface area contributed by atoms with E-state index in [1.807, 2.05) is 57.2 Å². The number of rotatable bonds is 11. The maximum atomic E-state index is 10.5. The van der Waals surface area contributed by atoms with Crippen LogP contribution in [-0.4, -0.2) is 41.9 Å². The molecule has 2 aromatic rings. The highest BCUT2D eigenvalue weighted by atomic mass is 16.5. The molecule has 0 spiro atoms. The number of aliphatic imine (C=N–C) groups is 1. The maximum absolute atomic E-state index is 10.5. The summed E-state index contributed by atoms with van der Waals surface area (Å²) in [6.45, 7) is 8.31. The van der Waals surface area contributed by atoms with Crippen molar-refractivity contribution in [1.82, 2.24) is 15.6 Å². The van der Waals surface area contributed by atoms with E-state index < -0.39 is 6.10 Å². The predicted molar refractivity (Wildman–Crippen MR) is 122 cm³/mol. The molecule has 1 aromatic carbocycles. The van der Waals surface area contributed by atoms with Crippen LogP contribution in [0.15, 0.2) is 47.6 Å². The van der Waals surface area contributed by atoms with Gasteiger partial charge in [0, 0.05) is 25.4 Å². The molecule has 1 aliphatic carbocycles. The highest BCUT2D eigenvalue weighted by Crippen LogP contribution is 2.29. The third kappa shape index (κ3) is 8.09. The molecule has 0 aliphatic heterocycles. The SMILES string of the molecule is CCNC(=NCc1ccc(OCC2CC2)nc1)NCC(O)c1ccc(OC(C)C)cc1. The number of hydrogen-bond donors (Lipinski definition) is 3. The number of guanidine groups is 1. The Hall–Kier alpha value is -2.80. The van der Waals surface area contributed by atoms with Crippen LogP contribution < -0.4 is 20.1 Å². The molecule has 0 saturated heterocycles. The van der Waals surface area contributed by atoms with Crippen LogP contribution in [0, 0.1) is 5.92 Å². The predicted octanol–water partition coefficient (Wildman–Crippen LogP) is 3.45. The van der Waals surface area contributed by atoms with E-state index in [1.54, 1.807) is 6.20 Å². The normalized spacial score (nSPS) is 14.9. The second kappa shape index (κ2) is 11.6. The topological polar surface area (TPSA) is 88.0 Å². The van der Waals surface area contributed by atoms with Crippen LogP contribution in [-0.2, 0) is 6.54 Å². The zero-order chi connectivity index (χ0) is 22.1. The van der Waals surface area contributed by atoms with Crippen LogP contribution in [0.3, 0.4) is 0 Å². The number of ether oxygens (including phenoxy) is 2. The molecule has 3 rings (SSSR count). The first-order valence-electron chi connectivity index (χ1n) is 11.1. The summed E-state index contributed by atoms with van der Waals surface area (Å²) in [7, 11) is 0. The van der Waals surface area contributed by atoms with Crippen LogP contribution in [0.1, 0.15) is 50.8 Å². The lowest BCUT2D eigenvalue weighted by Crippen LogP contribution is -2.39. The first-order chi connectivity index (χ1) is 15.0. The van der Waals surface area contributed by atoms with Gasteiger partial charge in [-0.25, -0.2) is 9.98 Å². The molecule has 1 aromatic heterocycles. The Morgan fingerprint density at radius 2 is 1.94 bits per heavy atom. The molecule has 31 heavy (non-hydrogen) atoms. The second-order valence-electron chi connectivity index (χ2n) is 8.09. The molecule has 0 radical (unpaired) electrons. The number of aromatic nitrogens is 1. The summed E-state index contributed by atoms with van der Waals surface area (Å²) in [4.78, 5) is 8.95. The number of benzene rings is 1. The third-order valence-corrected chi connectivity index (χ3v) is 4.82. The molecule has 1 fully saturated rings. The smallest absolute Gasteiger partial charge is 0.213 e. The molecule has 7 nitrogen and oxygen atoms in total. The minimum Gasteiger partial charge on any atom is -0.491 e. The van der Waals surface area contributed by atoms with Gasteiger partial charge in [-0.3, -0.25) is 0 Å². The van der Waals surface area contributed by atoms with E-state index in [2.05, 4.69) is 20.6 Å². The van der Waals surface area contributed by atoms with E-state index >= 15 is 0 Å². The average molecular weight is 427 g/mol. The van der Waals surface area contributed by atoms with E-state index in [0.717, 1.165) is 30.0 Å². The van der Waals surface area contributed by atoms with Crippen molar-refractivity contribution in [2.45, 2.75) is 52.4 Å². The standard InChI is InChI=1S/C24H34N4O3/c1-4-25-24(27-14-19-7-12-23(26-13-19)30-16-18-5-6-18)28-15-22(29)20-8-10-21(11-9-20)31-17(2)3/h7-13,17-18,22,29H,4-6,14-16H2,1-3H3,(H2,25,27,28). The number of pyridine rings is 1. The number of aliphatic hydroxyl groups is 1. The summed E-state index contributed by atoms with van der Waals surface area (Å²) in [6, 6.07) is 11.4. The van der Waals surface area contributed by atoms with Crippen molar-refractivity contribution in [3.8, 4) is 11.6 Å². The zero-order valence-electron chi connectivity index (χ0n) is 18.7. The van der Waals surface area contributed by atoms with Gasteiger partial charge in [0.1, 0.15) is 5.75 Å². The molecule has 7 heteroatoms. The van der Waals surface area contributed by atoms with Crippen molar-refractivity contribution >= 4 is 5.96 Å². The summed E-state index contributed by atoms with van der Waals surface area (Å²) in [5.74, 6) is 2.82. The van der Waals surface area contributed by atoms with Crippen LogP contribution in [0.5, 0.6) is 11.6 Å². The molecule has 1 saturated carbocycles. The van der Waals surface area contributed by atoms with Gasteiger partial charge in [-0.1, -0.05) is 18.2 Å². The van der Waals surface area contributed by atoms with Crippen LogP contribution >= 0.6 is 0 Å². The van der Waals surface area contributed by atoms with E-state index in [1.165, 1.54) is 12.8 Å². The van der Waals surface area contributed by atoms with Crippen molar-refractivity contribution in [1.29, 1.82) is 0 Å². The number of nitrogens with zero attached hydrogens (tertiary/aromatic N) is 2. The highest BCUT2D eigenvalue weighted by molar-refractivity contribution is 5.79. The Morgan fingerprint density at radius 3 is 2.55 bits per heavy atom. The average Bonchev–Trinajstić information content (AvgIpc) is 3.59. The molecule has 3 N–H and O–H groups in total. The number of nitrogens with one attached hydrogen (secondary N) is 2. The Bertz CT molecular complexity index is 818.